The highest BCUT2D eigenvalue weighted by Gasteiger charge is 2.36. The van der Waals surface area contributed by atoms with Crippen LogP contribution in [-0.2, 0) is 9.53 Å². The fourth-order valence-electron chi connectivity index (χ4n) is 2.32. The van der Waals surface area contributed by atoms with Crippen molar-refractivity contribution in [3.63, 3.8) is 0 Å². The van der Waals surface area contributed by atoms with Gasteiger partial charge in [-0.1, -0.05) is 39.5 Å². The first-order valence-electron chi connectivity index (χ1n) is 6.54. The van der Waals surface area contributed by atoms with E-state index in [4.69, 9.17) is 10.5 Å². The molecule has 0 saturated heterocycles. The molecule has 0 amide bonds. The summed E-state index contributed by atoms with van der Waals surface area (Å²) in [5.74, 6) is 0.260. The van der Waals surface area contributed by atoms with Crippen LogP contribution in [0.15, 0.2) is 0 Å². The lowest BCUT2D eigenvalue weighted by molar-refractivity contribution is -0.152. The molecule has 3 heteroatoms. The zero-order valence-electron chi connectivity index (χ0n) is 10.6. The number of ether oxygens (including phenoxy) is 1. The Labute approximate surface area is 98.7 Å². The monoisotopic (exact) mass is 227 g/mol. The summed E-state index contributed by atoms with van der Waals surface area (Å²) in [5, 5.41) is 0. The first kappa shape index (κ1) is 13.5. The second-order valence-corrected chi connectivity index (χ2v) is 5.21. The van der Waals surface area contributed by atoms with Gasteiger partial charge in [0.15, 0.2) is 0 Å². The molecule has 0 bridgehead atoms. The standard InChI is InChI=1S/C13H25NO2/c1-3-7-11(2)10-16-12(15)13(14)8-5-4-6-9-13/h11H,3-10,14H2,1-2H3. The van der Waals surface area contributed by atoms with Gasteiger partial charge in [0, 0.05) is 0 Å². The van der Waals surface area contributed by atoms with Crippen molar-refractivity contribution in [3.8, 4) is 0 Å². The second kappa shape index (κ2) is 6.24. The molecule has 3 nitrogen and oxygen atoms in total. The SMILES string of the molecule is CCCC(C)COC(=O)C1(N)CCCCC1. The number of nitrogens with two attached hydrogens (primary N) is 1. The molecule has 1 aliphatic rings. The summed E-state index contributed by atoms with van der Waals surface area (Å²) in [5.41, 5.74) is 5.40. The number of hydrogen-bond acceptors (Lipinski definition) is 3. The Morgan fingerprint density at radius 1 is 1.38 bits per heavy atom. The zero-order chi connectivity index (χ0) is 12.0. The largest absolute Gasteiger partial charge is 0.464 e. The molecule has 0 spiro atoms. The van der Waals surface area contributed by atoms with Gasteiger partial charge in [0.2, 0.25) is 0 Å². The van der Waals surface area contributed by atoms with E-state index < -0.39 is 5.54 Å². The van der Waals surface area contributed by atoms with Crippen molar-refractivity contribution in [2.45, 2.75) is 64.3 Å². The van der Waals surface area contributed by atoms with E-state index in [2.05, 4.69) is 13.8 Å². The minimum Gasteiger partial charge on any atom is -0.464 e. The van der Waals surface area contributed by atoms with Crippen molar-refractivity contribution in [2.24, 2.45) is 11.7 Å². The van der Waals surface area contributed by atoms with Gasteiger partial charge in [0.05, 0.1) is 6.61 Å². The predicted molar refractivity (Wildman–Crippen MR) is 65.0 cm³/mol. The van der Waals surface area contributed by atoms with Crippen molar-refractivity contribution in [1.82, 2.24) is 0 Å². The Kier molecular flexibility index (Phi) is 5.26. The Morgan fingerprint density at radius 2 is 2.00 bits per heavy atom. The maximum Gasteiger partial charge on any atom is 0.326 e. The highest BCUT2D eigenvalue weighted by molar-refractivity contribution is 5.80. The average molecular weight is 227 g/mol. The molecule has 0 radical (unpaired) electrons. The number of carbonyl (C=O) groups is 1. The Bertz CT molecular complexity index is 222. The van der Waals surface area contributed by atoms with Crippen LogP contribution in [0, 0.1) is 5.92 Å². The quantitative estimate of drug-likeness (QED) is 0.735. The predicted octanol–water partition coefficient (Wildman–Crippen LogP) is 2.63. The van der Waals surface area contributed by atoms with Crippen molar-refractivity contribution >= 4 is 5.97 Å². The van der Waals surface area contributed by atoms with Gasteiger partial charge in [-0.25, -0.2) is 0 Å². The number of hydrogen-bond donors (Lipinski definition) is 1. The van der Waals surface area contributed by atoms with Crippen LogP contribution in [0.1, 0.15) is 58.8 Å². The molecular formula is C13H25NO2. The van der Waals surface area contributed by atoms with Crippen LogP contribution in [-0.4, -0.2) is 18.1 Å². The highest BCUT2D eigenvalue weighted by Crippen LogP contribution is 2.27. The van der Waals surface area contributed by atoms with Gasteiger partial charge in [-0.05, 0) is 25.2 Å². The van der Waals surface area contributed by atoms with Crippen molar-refractivity contribution in [3.05, 3.63) is 0 Å². The van der Waals surface area contributed by atoms with Gasteiger partial charge >= 0.3 is 5.97 Å². The normalized spacial score (nSPS) is 21.4. The van der Waals surface area contributed by atoms with E-state index in [9.17, 15) is 4.79 Å². The molecule has 1 unspecified atom stereocenters. The average Bonchev–Trinajstić information content (AvgIpc) is 2.27. The fourth-order valence-corrected chi connectivity index (χ4v) is 2.32. The van der Waals surface area contributed by atoms with Crippen LogP contribution in [0.2, 0.25) is 0 Å². The lowest BCUT2D eigenvalue weighted by Gasteiger charge is -2.31. The third-order valence-corrected chi connectivity index (χ3v) is 3.43. The molecule has 1 atom stereocenters. The van der Waals surface area contributed by atoms with Crippen LogP contribution < -0.4 is 5.73 Å². The smallest absolute Gasteiger partial charge is 0.326 e. The Hall–Kier alpha value is -0.570. The molecule has 1 saturated carbocycles. The molecule has 0 aliphatic heterocycles. The number of carbonyl (C=O) groups excluding carboxylic acids is 1. The van der Waals surface area contributed by atoms with E-state index in [1.54, 1.807) is 0 Å². The maximum atomic E-state index is 11.9. The lowest BCUT2D eigenvalue weighted by atomic mass is 9.83. The van der Waals surface area contributed by atoms with Crippen LogP contribution in [0.3, 0.4) is 0 Å². The van der Waals surface area contributed by atoms with Crippen molar-refractivity contribution in [1.29, 1.82) is 0 Å². The van der Waals surface area contributed by atoms with Gasteiger partial charge in [-0.2, -0.15) is 0 Å². The van der Waals surface area contributed by atoms with Gasteiger partial charge < -0.3 is 10.5 Å². The summed E-state index contributed by atoms with van der Waals surface area (Å²) in [6.45, 7) is 4.77. The third-order valence-electron chi connectivity index (χ3n) is 3.43. The summed E-state index contributed by atoms with van der Waals surface area (Å²) in [6.07, 6.45) is 7.10. The van der Waals surface area contributed by atoms with Crippen molar-refractivity contribution in [2.75, 3.05) is 6.61 Å². The van der Waals surface area contributed by atoms with Crippen LogP contribution >= 0.6 is 0 Å². The van der Waals surface area contributed by atoms with E-state index in [1.165, 1.54) is 6.42 Å². The Morgan fingerprint density at radius 3 is 2.56 bits per heavy atom. The van der Waals surface area contributed by atoms with E-state index in [-0.39, 0.29) is 5.97 Å². The molecule has 16 heavy (non-hydrogen) atoms. The van der Waals surface area contributed by atoms with E-state index in [1.807, 2.05) is 0 Å². The topological polar surface area (TPSA) is 52.3 Å². The van der Waals surface area contributed by atoms with Crippen LogP contribution in [0.25, 0.3) is 0 Å². The van der Waals surface area contributed by atoms with Gasteiger partial charge in [0.1, 0.15) is 5.54 Å². The summed E-state index contributed by atoms with van der Waals surface area (Å²) in [7, 11) is 0. The van der Waals surface area contributed by atoms with Gasteiger partial charge in [0.25, 0.3) is 0 Å². The van der Waals surface area contributed by atoms with E-state index in [0.717, 1.165) is 38.5 Å². The molecule has 1 rings (SSSR count). The third kappa shape index (κ3) is 3.78. The van der Waals surface area contributed by atoms with Crippen LogP contribution in [0.5, 0.6) is 0 Å². The van der Waals surface area contributed by atoms with Crippen LogP contribution in [0.4, 0.5) is 0 Å². The minimum absolute atomic E-state index is 0.185. The lowest BCUT2D eigenvalue weighted by Crippen LogP contribution is -2.50. The summed E-state index contributed by atoms with van der Waals surface area (Å²) < 4.78 is 5.33. The fraction of sp³-hybridized carbons (Fsp3) is 0.923. The molecule has 1 fully saturated rings. The second-order valence-electron chi connectivity index (χ2n) is 5.21. The molecule has 0 aromatic heterocycles. The summed E-state index contributed by atoms with van der Waals surface area (Å²) in [6, 6.07) is 0. The summed E-state index contributed by atoms with van der Waals surface area (Å²) in [4.78, 5) is 11.9. The first-order chi connectivity index (χ1) is 7.58. The Balaban J connectivity index is 2.33. The molecular weight excluding hydrogens is 202 g/mol. The maximum absolute atomic E-state index is 11.9. The number of esters is 1. The van der Waals surface area contributed by atoms with E-state index in [0.29, 0.717) is 12.5 Å². The van der Waals surface area contributed by atoms with Gasteiger partial charge in [-0.3, -0.25) is 4.79 Å². The van der Waals surface area contributed by atoms with E-state index >= 15 is 0 Å². The zero-order valence-corrected chi connectivity index (χ0v) is 10.6. The minimum atomic E-state index is -0.690. The summed E-state index contributed by atoms with van der Waals surface area (Å²) >= 11 is 0. The van der Waals surface area contributed by atoms with Gasteiger partial charge in [-0.15, -0.1) is 0 Å². The highest BCUT2D eigenvalue weighted by atomic mass is 16.5. The molecule has 0 heterocycles. The molecule has 2 N–H and O–H groups in total. The molecule has 0 aromatic rings. The first-order valence-corrected chi connectivity index (χ1v) is 6.54. The molecule has 94 valence electrons. The van der Waals surface area contributed by atoms with Crippen molar-refractivity contribution < 1.29 is 9.53 Å². The molecule has 1 aliphatic carbocycles. The molecule has 0 aromatic carbocycles. The number of rotatable bonds is 5.